The fraction of sp³-hybridized carbons (Fsp3) is 0.176. The molecule has 6 heteroatoms. The van der Waals surface area contributed by atoms with Gasteiger partial charge in [-0.25, -0.2) is 12.4 Å². The smallest absolute Gasteiger partial charge is 0.268 e. The van der Waals surface area contributed by atoms with E-state index in [2.05, 4.69) is 0 Å². The minimum Gasteiger partial charge on any atom is -0.392 e. The van der Waals surface area contributed by atoms with E-state index in [-0.39, 0.29) is 11.5 Å². The predicted molar refractivity (Wildman–Crippen MR) is 91.4 cm³/mol. The van der Waals surface area contributed by atoms with Crippen LogP contribution in [0.1, 0.15) is 16.7 Å². The second-order valence-electron chi connectivity index (χ2n) is 5.54. The van der Waals surface area contributed by atoms with Gasteiger partial charge in [0.05, 0.1) is 17.0 Å². The Labute approximate surface area is 140 Å². The number of aromatic nitrogens is 1. The van der Waals surface area contributed by atoms with Crippen molar-refractivity contribution in [1.82, 2.24) is 3.97 Å². The zero-order valence-electron chi connectivity index (χ0n) is 12.7. The third-order valence-electron chi connectivity index (χ3n) is 3.87. The van der Waals surface area contributed by atoms with Gasteiger partial charge in [-0.15, -0.1) is 0 Å². The van der Waals surface area contributed by atoms with Crippen LogP contribution >= 0.6 is 11.6 Å². The van der Waals surface area contributed by atoms with Crippen LogP contribution in [0.3, 0.4) is 0 Å². The Kier molecular flexibility index (Phi) is 3.96. The molecular formula is C17H16ClNO3S. The minimum absolute atomic E-state index is 0.169. The van der Waals surface area contributed by atoms with E-state index in [0.29, 0.717) is 21.7 Å². The highest BCUT2D eigenvalue weighted by Gasteiger charge is 2.21. The van der Waals surface area contributed by atoms with E-state index < -0.39 is 10.0 Å². The van der Waals surface area contributed by atoms with Crippen molar-refractivity contribution in [2.24, 2.45) is 0 Å². The summed E-state index contributed by atoms with van der Waals surface area (Å²) in [6, 6.07) is 10.1. The van der Waals surface area contributed by atoms with Crippen molar-refractivity contribution in [3.8, 4) is 0 Å². The number of hydrogen-bond donors (Lipinski definition) is 1. The monoisotopic (exact) mass is 349 g/mol. The van der Waals surface area contributed by atoms with Gasteiger partial charge in [-0.3, -0.25) is 0 Å². The van der Waals surface area contributed by atoms with E-state index in [0.717, 1.165) is 10.9 Å². The minimum atomic E-state index is -3.76. The van der Waals surface area contributed by atoms with Crippen molar-refractivity contribution in [2.75, 3.05) is 0 Å². The molecule has 3 rings (SSSR count). The van der Waals surface area contributed by atoms with Gasteiger partial charge in [0.15, 0.2) is 0 Å². The quantitative estimate of drug-likeness (QED) is 0.785. The number of aliphatic hydroxyl groups is 1. The number of rotatable bonds is 3. The molecule has 0 amide bonds. The molecule has 1 aromatic heterocycles. The van der Waals surface area contributed by atoms with Crippen LogP contribution in [0.2, 0.25) is 5.02 Å². The average Bonchev–Trinajstić information content (AvgIpc) is 2.88. The maximum Gasteiger partial charge on any atom is 0.268 e. The summed E-state index contributed by atoms with van der Waals surface area (Å²) in [6.45, 7) is 3.44. The lowest BCUT2D eigenvalue weighted by atomic mass is 10.1. The number of halogens is 1. The maximum absolute atomic E-state index is 13.0. The molecular weight excluding hydrogens is 334 g/mol. The summed E-state index contributed by atoms with van der Waals surface area (Å²) in [7, 11) is -3.76. The molecule has 0 fully saturated rings. The number of nitrogens with zero attached hydrogens (tertiary/aromatic N) is 1. The summed E-state index contributed by atoms with van der Waals surface area (Å²) >= 11 is 5.98. The molecule has 0 spiro atoms. The number of aliphatic hydroxyl groups excluding tert-OH is 1. The zero-order valence-corrected chi connectivity index (χ0v) is 14.3. The van der Waals surface area contributed by atoms with Gasteiger partial charge in [0.1, 0.15) is 0 Å². The van der Waals surface area contributed by atoms with Crippen molar-refractivity contribution in [3.63, 3.8) is 0 Å². The lowest BCUT2D eigenvalue weighted by molar-refractivity contribution is 0.283. The van der Waals surface area contributed by atoms with Crippen LogP contribution in [0.5, 0.6) is 0 Å². The topological polar surface area (TPSA) is 59.3 Å². The molecule has 1 N–H and O–H groups in total. The van der Waals surface area contributed by atoms with Crippen LogP contribution in [-0.4, -0.2) is 17.5 Å². The van der Waals surface area contributed by atoms with E-state index in [1.54, 1.807) is 25.1 Å². The third kappa shape index (κ3) is 2.65. The first-order chi connectivity index (χ1) is 10.8. The average molecular weight is 350 g/mol. The summed E-state index contributed by atoms with van der Waals surface area (Å²) < 4.78 is 27.2. The first-order valence-electron chi connectivity index (χ1n) is 7.08. The standard InChI is InChI=1S/C17H16ClNO3S/c1-11-3-5-15-13(10-20)9-19(17(15)7-11)23(21,22)14-4-6-16(18)12(2)8-14/h3-9,20H,10H2,1-2H3. The zero-order chi connectivity index (χ0) is 16.8. The Bertz CT molecular complexity index is 1010. The fourth-order valence-electron chi connectivity index (χ4n) is 2.59. The molecule has 120 valence electrons. The molecule has 0 saturated carbocycles. The second kappa shape index (κ2) is 5.67. The summed E-state index contributed by atoms with van der Waals surface area (Å²) in [5.74, 6) is 0. The Hall–Kier alpha value is -1.82. The van der Waals surface area contributed by atoms with Crippen molar-refractivity contribution in [3.05, 3.63) is 64.3 Å². The first-order valence-corrected chi connectivity index (χ1v) is 8.89. The van der Waals surface area contributed by atoms with Gasteiger partial charge in [-0.05, 0) is 49.2 Å². The number of fused-ring (bicyclic) bond motifs is 1. The van der Waals surface area contributed by atoms with E-state index in [1.165, 1.54) is 16.2 Å². The first kappa shape index (κ1) is 16.1. The predicted octanol–water partition coefficient (Wildman–Crippen LogP) is 3.64. The highest BCUT2D eigenvalue weighted by molar-refractivity contribution is 7.90. The van der Waals surface area contributed by atoms with Crippen molar-refractivity contribution >= 4 is 32.5 Å². The van der Waals surface area contributed by atoms with Gasteiger partial charge in [0, 0.05) is 22.2 Å². The third-order valence-corrected chi connectivity index (χ3v) is 5.96. The molecule has 0 atom stereocenters. The molecule has 3 aromatic rings. The summed E-state index contributed by atoms with van der Waals surface area (Å²) in [4.78, 5) is 0.169. The van der Waals surface area contributed by atoms with Gasteiger partial charge < -0.3 is 5.11 Å². The van der Waals surface area contributed by atoms with Crippen molar-refractivity contribution in [1.29, 1.82) is 0 Å². The fourth-order valence-corrected chi connectivity index (χ4v) is 4.18. The number of hydrogen-bond acceptors (Lipinski definition) is 3. The van der Waals surface area contributed by atoms with Gasteiger partial charge in [-0.2, -0.15) is 0 Å². The summed E-state index contributed by atoms with van der Waals surface area (Å²) in [5, 5.41) is 10.8. The molecule has 1 heterocycles. The molecule has 0 unspecified atom stereocenters. The van der Waals surface area contributed by atoms with Crippen molar-refractivity contribution < 1.29 is 13.5 Å². The lowest BCUT2D eigenvalue weighted by Gasteiger charge is -2.09. The molecule has 0 bridgehead atoms. The van der Waals surface area contributed by atoms with Crippen LogP contribution in [0.4, 0.5) is 0 Å². The van der Waals surface area contributed by atoms with E-state index >= 15 is 0 Å². The molecule has 0 aliphatic rings. The SMILES string of the molecule is Cc1ccc2c(CO)cn(S(=O)(=O)c3ccc(Cl)c(C)c3)c2c1. The van der Waals surface area contributed by atoms with E-state index in [1.807, 2.05) is 19.1 Å². The Morgan fingerprint density at radius 1 is 1.13 bits per heavy atom. The number of benzene rings is 2. The molecule has 0 radical (unpaired) electrons. The molecule has 0 saturated heterocycles. The number of aryl methyl sites for hydroxylation is 2. The van der Waals surface area contributed by atoms with Gasteiger partial charge in [-0.1, -0.05) is 23.7 Å². The normalized spacial score (nSPS) is 12.0. The van der Waals surface area contributed by atoms with Gasteiger partial charge in [0.2, 0.25) is 0 Å². The Morgan fingerprint density at radius 2 is 1.87 bits per heavy atom. The van der Waals surface area contributed by atoms with Crippen LogP contribution < -0.4 is 0 Å². The van der Waals surface area contributed by atoms with Crippen LogP contribution in [0.25, 0.3) is 10.9 Å². The summed E-state index contributed by atoms with van der Waals surface area (Å²) in [5.41, 5.74) is 2.78. The van der Waals surface area contributed by atoms with Gasteiger partial charge >= 0.3 is 0 Å². The van der Waals surface area contributed by atoms with Gasteiger partial charge in [0.25, 0.3) is 10.0 Å². The molecule has 23 heavy (non-hydrogen) atoms. The van der Waals surface area contributed by atoms with E-state index in [9.17, 15) is 13.5 Å². The van der Waals surface area contributed by atoms with Crippen LogP contribution in [0.15, 0.2) is 47.5 Å². The van der Waals surface area contributed by atoms with Crippen LogP contribution in [0, 0.1) is 13.8 Å². The van der Waals surface area contributed by atoms with E-state index in [4.69, 9.17) is 11.6 Å². The molecule has 0 aliphatic heterocycles. The molecule has 2 aromatic carbocycles. The molecule has 4 nitrogen and oxygen atoms in total. The lowest BCUT2D eigenvalue weighted by Crippen LogP contribution is -2.12. The molecule has 0 aliphatic carbocycles. The van der Waals surface area contributed by atoms with Crippen molar-refractivity contribution in [2.45, 2.75) is 25.3 Å². The maximum atomic E-state index is 13.0. The summed E-state index contributed by atoms with van der Waals surface area (Å²) in [6.07, 6.45) is 1.48. The highest BCUT2D eigenvalue weighted by Crippen LogP contribution is 2.28. The highest BCUT2D eigenvalue weighted by atomic mass is 35.5. The Morgan fingerprint density at radius 3 is 2.52 bits per heavy atom. The van der Waals surface area contributed by atoms with Crippen LogP contribution in [-0.2, 0) is 16.6 Å². The second-order valence-corrected chi connectivity index (χ2v) is 7.77. The Balaban J connectivity index is 2.30. The largest absolute Gasteiger partial charge is 0.392 e.